The zero-order valence-electron chi connectivity index (χ0n) is 13.3. The number of ether oxygens (including phenoxy) is 2. The van der Waals surface area contributed by atoms with E-state index in [0.717, 1.165) is 5.69 Å². The molecule has 21 heavy (non-hydrogen) atoms. The number of nitrogens with two attached hydrogens (primary N) is 1. The molecule has 0 fully saturated rings. The van der Waals surface area contributed by atoms with Crippen molar-refractivity contribution in [2.45, 2.75) is 0 Å². The molecule has 0 unspecified atom stereocenters. The second kappa shape index (κ2) is 8.49. The van der Waals surface area contributed by atoms with Crippen LogP contribution >= 0.6 is 0 Å². The number of nitrogens with zero attached hydrogens (tertiary/aromatic N) is 2. The Morgan fingerprint density at radius 1 is 1.14 bits per heavy atom. The minimum atomic E-state index is -0.0466. The minimum absolute atomic E-state index is 0.0466. The van der Waals surface area contributed by atoms with Gasteiger partial charge in [0.05, 0.1) is 24.6 Å². The Bertz CT molecular complexity index is 455. The Morgan fingerprint density at radius 3 is 2.19 bits per heavy atom. The summed E-state index contributed by atoms with van der Waals surface area (Å²) in [6.07, 6.45) is 0. The van der Waals surface area contributed by atoms with Crippen molar-refractivity contribution in [2.75, 3.05) is 65.3 Å². The molecule has 0 aliphatic carbocycles. The zero-order chi connectivity index (χ0) is 15.8. The molecule has 6 heteroatoms. The lowest BCUT2D eigenvalue weighted by Gasteiger charge is -2.26. The number of carbonyl (C=O) groups excluding carboxylic acids is 1. The molecule has 118 valence electrons. The molecule has 0 saturated carbocycles. The van der Waals surface area contributed by atoms with E-state index in [9.17, 15) is 4.79 Å². The monoisotopic (exact) mass is 295 g/mol. The lowest BCUT2D eigenvalue weighted by atomic mass is 10.1. The number of benzene rings is 1. The zero-order valence-corrected chi connectivity index (χ0v) is 13.3. The average molecular weight is 295 g/mol. The first-order chi connectivity index (χ1) is 10.0. The van der Waals surface area contributed by atoms with E-state index >= 15 is 0 Å². The van der Waals surface area contributed by atoms with E-state index < -0.39 is 0 Å². The summed E-state index contributed by atoms with van der Waals surface area (Å²) >= 11 is 0. The van der Waals surface area contributed by atoms with Crippen LogP contribution in [0.4, 0.5) is 11.4 Å². The second-order valence-corrected chi connectivity index (χ2v) is 4.95. The Balaban J connectivity index is 3.04. The molecule has 0 heterocycles. The number of nitrogen functional groups attached to an aromatic ring is 1. The van der Waals surface area contributed by atoms with E-state index in [-0.39, 0.29) is 5.91 Å². The summed E-state index contributed by atoms with van der Waals surface area (Å²) < 4.78 is 10.3. The summed E-state index contributed by atoms with van der Waals surface area (Å²) in [5, 5.41) is 0. The maximum atomic E-state index is 12.1. The van der Waals surface area contributed by atoms with Crippen LogP contribution in [-0.4, -0.2) is 65.4 Å². The summed E-state index contributed by atoms with van der Waals surface area (Å²) in [5.41, 5.74) is 8.14. The highest BCUT2D eigenvalue weighted by Gasteiger charge is 2.14. The van der Waals surface area contributed by atoms with Crippen molar-refractivity contribution in [2.24, 2.45) is 0 Å². The highest BCUT2D eigenvalue weighted by Crippen LogP contribution is 2.25. The molecular weight excluding hydrogens is 270 g/mol. The van der Waals surface area contributed by atoms with Gasteiger partial charge in [-0.25, -0.2) is 0 Å². The van der Waals surface area contributed by atoms with E-state index in [1.165, 1.54) is 0 Å². The van der Waals surface area contributed by atoms with Crippen molar-refractivity contribution >= 4 is 17.3 Å². The molecule has 0 aromatic heterocycles. The lowest BCUT2D eigenvalue weighted by Crippen LogP contribution is -2.31. The number of carbonyl (C=O) groups is 1. The molecule has 0 aliphatic rings. The van der Waals surface area contributed by atoms with Crippen molar-refractivity contribution in [3.63, 3.8) is 0 Å². The van der Waals surface area contributed by atoms with Gasteiger partial charge in [-0.1, -0.05) is 0 Å². The molecule has 1 amide bonds. The standard InChI is InChI=1S/C15H25N3O3/c1-17(2)15(19)12-5-6-13(16)14(11-12)18(7-9-20-3)8-10-21-4/h5-6,11H,7-10,16H2,1-4H3. The SMILES string of the molecule is COCCN(CCOC)c1cc(C(=O)N(C)C)ccc1N. The van der Waals surface area contributed by atoms with Crippen LogP contribution < -0.4 is 10.6 Å². The number of anilines is 2. The van der Waals surface area contributed by atoms with Crippen molar-refractivity contribution in [3.8, 4) is 0 Å². The number of amides is 1. The van der Waals surface area contributed by atoms with Crippen molar-refractivity contribution in [1.82, 2.24) is 4.90 Å². The van der Waals surface area contributed by atoms with Crippen LogP contribution in [0.1, 0.15) is 10.4 Å². The predicted molar refractivity (Wildman–Crippen MR) is 84.8 cm³/mol. The number of methoxy groups -OCH3 is 2. The van der Waals surface area contributed by atoms with E-state index in [1.807, 2.05) is 6.07 Å². The van der Waals surface area contributed by atoms with Crippen LogP contribution in [-0.2, 0) is 9.47 Å². The van der Waals surface area contributed by atoms with Crippen LogP contribution in [0.3, 0.4) is 0 Å². The second-order valence-electron chi connectivity index (χ2n) is 4.95. The third-order valence-electron chi connectivity index (χ3n) is 3.15. The Kier molecular flexibility index (Phi) is 6.98. The summed E-state index contributed by atoms with van der Waals surface area (Å²) in [6, 6.07) is 5.33. The van der Waals surface area contributed by atoms with Gasteiger partial charge in [-0.3, -0.25) is 4.79 Å². The van der Waals surface area contributed by atoms with Gasteiger partial charge >= 0.3 is 0 Å². The molecule has 2 N–H and O–H groups in total. The van der Waals surface area contributed by atoms with Gasteiger partial charge in [0, 0.05) is 47.0 Å². The van der Waals surface area contributed by atoms with Crippen molar-refractivity contribution in [1.29, 1.82) is 0 Å². The maximum absolute atomic E-state index is 12.1. The topological polar surface area (TPSA) is 68.0 Å². The smallest absolute Gasteiger partial charge is 0.253 e. The molecule has 0 bridgehead atoms. The Morgan fingerprint density at radius 2 is 1.71 bits per heavy atom. The highest BCUT2D eigenvalue weighted by molar-refractivity contribution is 5.96. The predicted octanol–water partition coefficient (Wildman–Crippen LogP) is 1.07. The van der Waals surface area contributed by atoms with Gasteiger partial charge in [0.1, 0.15) is 0 Å². The quantitative estimate of drug-likeness (QED) is 0.727. The van der Waals surface area contributed by atoms with E-state index in [2.05, 4.69) is 4.90 Å². The maximum Gasteiger partial charge on any atom is 0.253 e. The fraction of sp³-hybridized carbons (Fsp3) is 0.533. The molecule has 0 atom stereocenters. The first-order valence-corrected chi connectivity index (χ1v) is 6.85. The molecule has 0 spiro atoms. The van der Waals surface area contributed by atoms with E-state index in [0.29, 0.717) is 37.6 Å². The Hall–Kier alpha value is -1.79. The van der Waals surface area contributed by atoms with Crippen LogP contribution in [0, 0.1) is 0 Å². The molecule has 1 rings (SSSR count). The molecule has 0 aliphatic heterocycles. The summed E-state index contributed by atoms with van der Waals surface area (Å²) in [7, 11) is 6.77. The average Bonchev–Trinajstić information content (AvgIpc) is 2.47. The van der Waals surface area contributed by atoms with Gasteiger partial charge in [-0.2, -0.15) is 0 Å². The molecule has 0 saturated heterocycles. The van der Waals surface area contributed by atoms with E-state index in [1.54, 1.807) is 45.3 Å². The van der Waals surface area contributed by atoms with Gasteiger partial charge in [-0.05, 0) is 18.2 Å². The van der Waals surface area contributed by atoms with Gasteiger partial charge in [0.2, 0.25) is 0 Å². The van der Waals surface area contributed by atoms with Gasteiger partial charge in [0.15, 0.2) is 0 Å². The van der Waals surface area contributed by atoms with Crippen LogP contribution in [0.15, 0.2) is 18.2 Å². The number of hydrogen-bond donors (Lipinski definition) is 1. The van der Waals surface area contributed by atoms with Gasteiger partial charge < -0.3 is 25.0 Å². The van der Waals surface area contributed by atoms with Crippen molar-refractivity contribution < 1.29 is 14.3 Å². The first-order valence-electron chi connectivity index (χ1n) is 6.85. The highest BCUT2D eigenvalue weighted by atomic mass is 16.5. The van der Waals surface area contributed by atoms with Crippen molar-refractivity contribution in [3.05, 3.63) is 23.8 Å². The molecule has 6 nitrogen and oxygen atoms in total. The molecule has 1 aromatic carbocycles. The molecular formula is C15H25N3O3. The van der Waals surface area contributed by atoms with E-state index in [4.69, 9.17) is 15.2 Å². The van der Waals surface area contributed by atoms with Gasteiger partial charge in [-0.15, -0.1) is 0 Å². The third-order valence-corrected chi connectivity index (χ3v) is 3.15. The molecule has 0 radical (unpaired) electrons. The lowest BCUT2D eigenvalue weighted by molar-refractivity contribution is 0.0827. The number of rotatable bonds is 8. The van der Waals surface area contributed by atoms with Gasteiger partial charge in [0.25, 0.3) is 5.91 Å². The fourth-order valence-electron chi connectivity index (χ4n) is 1.96. The van der Waals surface area contributed by atoms with Crippen LogP contribution in [0.5, 0.6) is 0 Å². The normalized spacial score (nSPS) is 10.5. The largest absolute Gasteiger partial charge is 0.397 e. The first kappa shape index (κ1) is 17.3. The minimum Gasteiger partial charge on any atom is -0.397 e. The third kappa shape index (κ3) is 4.91. The fourth-order valence-corrected chi connectivity index (χ4v) is 1.96. The summed E-state index contributed by atoms with van der Waals surface area (Å²) in [5.74, 6) is -0.0466. The van der Waals surface area contributed by atoms with Crippen LogP contribution in [0.2, 0.25) is 0 Å². The number of hydrogen-bond acceptors (Lipinski definition) is 5. The summed E-state index contributed by atoms with van der Waals surface area (Å²) in [4.78, 5) is 15.7. The van der Waals surface area contributed by atoms with Crippen LogP contribution in [0.25, 0.3) is 0 Å². The summed E-state index contributed by atoms with van der Waals surface area (Å²) in [6.45, 7) is 2.53. The molecule has 1 aromatic rings. The Labute approximate surface area is 126 Å².